The van der Waals surface area contributed by atoms with E-state index in [1.165, 1.54) is 0 Å². The van der Waals surface area contributed by atoms with Gasteiger partial charge in [0.1, 0.15) is 18.1 Å². The van der Waals surface area contributed by atoms with Gasteiger partial charge in [0.05, 0.1) is 28.5 Å². The molecule has 6 nitrogen and oxygen atoms in total. The minimum Gasteiger partial charge on any atom is -0.486 e. The van der Waals surface area contributed by atoms with Gasteiger partial charge in [-0.25, -0.2) is 0 Å². The molecule has 4 rings (SSSR count). The van der Waals surface area contributed by atoms with Gasteiger partial charge in [0.25, 0.3) is 5.91 Å². The molecule has 4 aromatic rings. The van der Waals surface area contributed by atoms with E-state index in [1.807, 2.05) is 37.3 Å². The molecule has 1 amide bonds. The first-order valence-corrected chi connectivity index (χ1v) is 10.3. The Morgan fingerprint density at radius 3 is 2.81 bits per heavy atom. The fourth-order valence-electron chi connectivity index (χ4n) is 2.97. The van der Waals surface area contributed by atoms with Crippen molar-refractivity contribution in [1.82, 2.24) is 9.78 Å². The van der Waals surface area contributed by atoms with Gasteiger partial charge in [0.15, 0.2) is 5.76 Å². The summed E-state index contributed by atoms with van der Waals surface area (Å²) in [5, 5.41) is 8.02. The van der Waals surface area contributed by atoms with E-state index in [0.717, 1.165) is 16.9 Å². The van der Waals surface area contributed by atoms with Crippen LogP contribution in [-0.4, -0.2) is 15.7 Å². The third kappa shape index (κ3) is 5.48. The highest BCUT2D eigenvalue weighted by Crippen LogP contribution is 2.23. The first-order chi connectivity index (χ1) is 15.0. The number of hydrogen-bond acceptors (Lipinski definition) is 4. The Balaban J connectivity index is 1.34. The van der Waals surface area contributed by atoms with E-state index in [-0.39, 0.29) is 18.3 Å². The third-order valence-corrected chi connectivity index (χ3v) is 5.21. The minimum absolute atomic E-state index is 0.195. The molecule has 0 saturated carbocycles. The van der Waals surface area contributed by atoms with Crippen molar-refractivity contribution in [3.05, 3.63) is 99.7 Å². The van der Waals surface area contributed by atoms with Crippen LogP contribution in [0.15, 0.2) is 71.4 Å². The quantitative estimate of drug-likeness (QED) is 0.372. The zero-order chi connectivity index (χ0) is 21.8. The molecule has 0 aliphatic heterocycles. The van der Waals surface area contributed by atoms with Crippen molar-refractivity contribution < 1.29 is 13.9 Å². The lowest BCUT2D eigenvalue weighted by atomic mass is 10.2. The summed E-state index contributed by atoms with van der Waals surface area (Å²) in [6.45, 7) is 2.72. The van der Waals surface area contributed by atoms with Crippen LogP contribution in [0.4, 0.5) is 5.69 Å². The van der Waals surface area contributed by atoms with Crippen LogP contribution in [0.2, 0.25) is 10.0 Å². The SMILES string of the molecule is Cc1cccc(OCc2ccc(C(=O)Nc3cnn(Cc4ccc(Cl)c(Cl)c4)c3)o2)c1. The van der Waals surface area contributed by atoms with Crippen molar-refractivity contribution in [2.45, 2.75) is 20.1 Å². The van der Waals surface area contributed by atoms with Crippen LogP contribution in [0, 0.1) is 6.92 Å². The van der Waals surface area contributed by atoms with Crippen LogP contribution in [0.3, 0.4) is 0 Å². The van der Waals surface area contributed by atoms with Crippen LogP contribution in [0.25, 0.3) is 0 Å². The van der Waals surface area contributed by atoms with E-state index in [2.05, 4.69) is 10.4 Å². The summed E-state index contributed by atoms with van der Waals surface area (Å²) in [7, 11) is 0. The lowest BCUT2D eigenvalue weighted by Gasteiger charge is -2.05. The van der Waals surface area contributed by atoms with E-state index >= 15 is 0 Å². The summed E-state index contributed by atoms with van der Waals surface area (Å²) in [4.78, 5) is 12.5. The molecule has 31 heavy (non-hydrogen) atoms. The van der Waals surface area contributed by atoms with Gasteiger partial charge >= 0.3 is 0 Å². The Kier molecular flexibility index (Phi) is 6.30. The van der Waals surface area contributed by atoms with Gasteiger partial charge in [-0.3, -0.25) is 9.48 Å². The highest BCUT2D eigenvalue weighted by Gasteiger charge is 2.13. The highest BCUT2D eigenvalue weighted by molar-refractivity contribution is 6.42. The molecule has 2 aromatic heterocycles. The molecule has 158 valence electrons. The van der Waals surface area contributed by atoms with E-state index in [1.54, 1.807) is 41.3 Å². The second-order valence-electron chi connectivity index (χ2n) is 7.00. The number of aryl methyl sites for hydroxylation is 1. The summed E-state index contributed by atoms with van der Waals surface area (Å²) in [6.07, 6.45) is 3.30. The fraction of sp³-hybridized carbons (Fsp3) is 0.130. The normalized spacial score (nSPS) is 10.8. The van der Waals surface area contributed by atoms with Crippen molar-refractivity contribution in [3.8, 4) is 5.75 Å². The first-order valence-electron chi connectivity index (χ1n) is 9.52. The molecule has 2 aromatic carbocycles. The molecular formula is C23H19Cl2N3O3. The summed E-state index contributed by atoms with van der Waals surface area (Å²) in [5.74, 6) is 1.13. The standard InChI is InChI=1S/C23H19Cl2N3O3/c1-15-3-2-4-18(9-15)30-14-19-6-8-22(31-19)23(29)27-17-11-26-28(13-17)12-16-5-7-20(24)21(25)10-16/h2-11,13H,12,14H2,1H3,(H,27,29). The largest absolute Gasteiger partial charge is 0.486 e. The second-order valence-corrected chi connectivity index (χ2v) is 7.81. The number of hydrogen-bond donors (Lipinski definition) is 1. The Bertz CT molecular complexity index is 1220. The minimum atomic E-state index is -0.365. The Morgan fingerprint density at radius 2 is 2.00 bits per heavy atom. The molecule has 0 aliphatic rings. The van der Waals surface area contributed by atoms with Crippen molar-refractivity contribution >= 4 is 34.8 Å². The van der Waals surface area contributed by atoms with Gasteiger partial charge in [-0.1, -0.05) is 41.4 Å². The lowest BCUT2D eigenvalue weighted by molar-refractivity contribution is 0.0992. The number of benzene rings is 2. The van der Waals surface area contributed by atoms with Gasteiger partial charge in [0.2, 0.25) is 0 Å². The topological polar surface area (TPSA) is 69.3 Å². The predicted molar refractivity (Wildman–Crippen MR) is 120 cm³/mol. The van der Waals surface area contributed by atoms with Crippen molar-refractivity contribution in [2.75, 3.05) is 5.32 Å². The molecule has 1 N–H and O–H groups in total. The number of carbonyl (C=O) groups excluding carboxylic acids is 1. The van der Waals surface area contributed by atoms with E-state index in [0.29, 0.717) is 28.0 Å². The number of amides is 1. The Labute approximate surface area is 189 Å². The summed E-state index contributed by atoms with van der Waals surface area (Å²) in [6, 6.07) is 16.5. The summed E-state index contributed by atoms with van der Waals surface area (Å²) < 4.78 is 13.0. The maximum absolute atomic E-state index is 12.5. The number of anilines is 1. The number of ether oxygens (including phenoxy) is 1. The number of aromatic nitrogens is 2. The molecule has 0 saturated heterocycles. The third-order valence-electron chi connectivity index (χ3n) is 4.48. The number of halogens is 2. The molecule has 0 bridgehead atoms. The van der Waals surface area contributed by atoms with Gasteiger partial charge in [-0.05, 0) is 54.4 Å². The number of carbonyl (C=O) groups is 1. The monoisotopic (exact) mass is 455 g/mol. The van der Waals surface area contributed by atoms with Crippen LogP contribution >= 0.6 is 23.2 Å². The molecule has 2 heterocycles. The summed E-state index contributed by atoms with van der Waals surface area (Å²) >= 11 is 12.0. The van der Waals surface area contributed by atoms with Gasteiger partial charge < -0.3 is 14.5 Å². The average Bonchev–Trinajstić information content (AvgIpc) is 3.39. The van der Waals surface area contributed by atoms with E-state index in [4.69, 9.17) is 32.4 Å². The van der Waals surface area contributed by atoms with Gasteiger partial charge in [-0.2, -0.15) is 5.10 Å². The molecule has 8 heteroatoms. The molecule has 0 fully saturated rings. The van der Waals surface area contributed by atoms with E-state index < -0.39 is 0 Å². The first kappa shape index (κ1) is 21.0. The lowest BCUT2D eigenvalue weighted by Crippen LogP contribution is -2.10. The number of nitrogens with zero attached hydrogens (tertiary/aromatic N) is 2. The Morgan fingerprint density at radius 1 is 1.13 bits per heavy atom. The van der Waals surface area contributed by atoms with Crippen LogP contribution in [-0.2, 0) is 13.2 Å². The smallest absolute Gasteiger partial charge is 0.291 e. The molecule has 0 atom stereocenters. The zero-order valence-corrected chi connectivity index (χ0v) is 18.2. The molecule has 0 radical (unpaired) electrons. The van der Waals surface area contributed by atoms with Crippen molar-refractivity contribution in [1.29, 1.82) is 0 Å². The van der Waals surface area contributed by atoms with Crippen LogP contribution in [0.1, 0.15) is 27.4 Å². The average molecular weight is 456 g/mol. The number of rotatable bonds is 7. The fourth-order valence-corrected chi connectivity index (χ4v) is 3.29. The predicted octanol–water partition coefficient (Wildman–Crippen LogP) is 5.97. The van der Waals surface area contributed by atoms with Gasteiger partial charge in [-0.15, -0.1) is 0 Å². The summed E-state index contributed by atoms with van der Waals surface area (Å²) in [5.41, 5.74) is 2.61. The molecular weight excluding hydrogens is 437 g/mol. The van der Waals surface area contributed by atoms with Crippen LogP contribution in [0.5, 0.6) is 5.75 Å². The van der Waals surface area contributed by atoms with Crippen molar-refractivity contribution in [3.63, 3.8) is 0 Å². The zero-order valence-electron chi connectivity index (χ0n) is 16.6. The maximum Gasteiger partial charge on any atom is 0.291 e. The maximum atomic E-state index is 12.5. The van der Waals surface area contributed by atoms with E-state index in [9.17, 15) is 4.79 Å². The molecule has 0 aliphatic carbocycles. The highest BCUT2D eigenvalue weighted by atomic mass is 35.5. The van der Waals surface area contributed by atoms with Crippen molar-refractivity contribution in [2.24, 2.45) is 0 Å². The van der Waals surface area contributed by atoms with Gasteiger partial charge in [0, 0.05) is 6.20 Å². The second kappa shape index (κ2) is 9.29. The number of furan rings is 1. The van der Waals surface area contributed by atoms with Crippen LogP contribution < -0.4 is 10.1 Å². The Hall–Kier alpha value is -3.22. The molecule has 0 spiro atoms. The molecule has 0 unspecified atom stereocenters. The number of nitrogens with one attached hydrogen (secondary N) is 1.